The van der Waals surface area contributed by atoms with Crippen molar-refractivity contribution in [2.75, 3.05) is 23.3 Å². The number of aromatic nitrogens is 2. The van der Waals surface area contributed by atoms with Gasteiger partial charge in [0.25, 0.3) is 0 Å². The van der Waals surface area contributed by atoms with Crippen molar-refractivity contribution in [1.29, 1.82) is 0 Å². The summed E-state index contributed by atoms with van der Waals surface area (Å²) >= 11 is 0. The summed E-state index contributed by atoms with van der Waals surface area (Å²) in [6.45, 7) is 1.85. The molecule has 1 aromatic carbocycles. The van der Waals surface area contributed by atoms with Crippen LogP contribution in [-0.4, -0.2) is 37.4 Å². The highest BCUT2D eigenvalue weighted by atomic mass is 32.2. The maximum Gasteiger partial charge on any atom is 0.238 e. The Hall–Kier alpha value is -2.22. The predicted octanol–water partition coefficient (Wildman–Crippen LogP) is 3.35. The third kappa shape index (κ3) is 5.94. The Morgan fingerprint density at radius 2 is 1.81 bits per heavy atom. The second kappa shape index (κ2) is 10.1. The highest BCUT2D eigenvalue weighted by Crippen LogP contribution is 2.24. The molecule has 26 heavy (non-hydrogen) atoms. The first kappa shape index (κ1) is 20.1. The summed E-state index contributed by atoms with van der Waals surface area (Å²) in [6, 6.07) is 6.77. The molecule has 0 aliphatic carbocycles. The van der Waals surface area contributed by atoms with Crippen LogP contribution in [-0.2, 0) is 16.6 Å². The normalized spacial score (nSPS) is 11.3. The molecule has 1 heterocycles. The molecule has 2 rings (SSSR count). The Kier molecular flexibility index (Phi) is 7.77. The molecule has 0 aliphatic heterocycles. The topological polar surface area (TPSA) is 72.4 Å². The number of anilines is 1. The van der Waals surface area contributed by atoms with Gasteiger partial charge in [-0.15, -0.1) is 0 Å². The molecule has 0 bridgehead atoms. The molecule has 0 saturated heterocycles. The lowest BCUT2D eigenvalue weighted by Gasteiger charge is -2.24. The highest BCUT2D eigenvalue weighted by Gasteiger charge is 2.23. The fourth-order valence-electron chi connectivity index (χ4n) is 2.39. The first-order chi connectivity index (χ1) is 12.6. The van der Waals surface area contributed by atoms with Gasteiger partial charge in [-0.05, 0) is 30.7 Å². The van der Waals surface area contributed by atoms with E-state index in [4.69, 9.17) is 4.74 Å². The van der Waals surface area contributed by atoms with Crippen molar-refractivity contribution in [1.82, 2.24) is 9.97 Å². The Morgan fingerprint density at radius 1 is 1.12 bits per heavy atom. The van der Waals surface area contributed by atoms with E-state index in [9.17, 15) is 12.8 Å². The number of rotatable bonds is 11. The minimum absolute atomic E-state index is 0.0415. The Bertz CT molecular complexity index is 755. The van der Waals surface area contributed by atoms with E-state index in [1.807, 2.05) is 0 Å². The van der Waals surface area contributed by atoms with Gasteiger partial charge in [0.1, 0.15) is 18.8 Å². The number of hydrogen-bond donors (Lipinski definition) is 0. The molecule has 0 amide bonds. The summed E-state index contributed by atoms with van der Waals surface area (Å²) in [7, 11) is -3.80. The van der Waals surface area contributed by atoms with Crippen LogP contribution in [0, 0.1) is 0 Å². The van der Waals surface area contributed by atoms with Gasteiger partial charge < -0.3 is 4.74 Å². The van der Waals surface area contributed by atoms with Crippen molar-refractivity contribution < 1.29 is 17.5 Å². The lowest BCUT2D eigenvalue weighted by Crippen LogP contribution is -2.33. The average molecular weight is 381 g/mol. The minimum Gasteiger partial charge on any atom is -0.494 e. The lowest BCUT2D eigenvalue weighted by molar-refractivity contribution is 0.306. The highest BCUT2D eigenvalue weighted by molar-refractivity contribution is 7.92. The van der Waals surface area contributed by atoms with Gasteiger partial charge in [-0.3, -0.25) is 4.31 Å². The van der Waals surface area contributed by atoms with Crippen molar-refractivity contribution in [2.24, 2.45) is 0 Å². The minimum atomic E-state index is -3.80. The molecule has 6 nitrogen and oxygen atoms in total. The first-order valence-electron chi connectivity index (χ1n) is 8.60. The van der Waals surface area contributed by atoms with E-state index in [1.54, 1.807) is 24.3 Å². The largest absolute Gasteiger partial charge is 0.494 e. The van der Waals surface area contributed by atoms with Gasteiger partial charge in [0.05, 0.1) is 24.6 Å². The molecule has 8 heteroatoms. The zero-order valence-electron chi connectivity index (χ0n) is 14.8. The van der Waals surface area contributed by atoms with E-state index in [0.717, 1.165) is 19.3 Å². The summed E-state index contributed by atoms with van der Waals surface area (Å²) in [5.74, 6) is 0.103. The maximum absolute atomic E-state index is 12.7. The summed E-state index contributed by atoms with van der Waals surface area (Å²) in [6.07, 6.45) is 7.64. The standard InChI is InChI=1S/C18H24FN3O3S/c1-2-3-4-10-25-18-7-5-17(6-8-18)22(26(23,24)11-9-19)14-16-12-20-15-21-13-16/h5-8,12-13,15H,2-4,9-11,14H2,1H3. The van der Waals surface area contributed by atoms with Crippen molar-refractivity contribution in [3.05, 3.63) is 48.5 Å². The van der Waals surface area contributed by atoms with E-state index in [-0.39, 0.29) is 6.54 Å². The lowest BCUT2D eigenvalue weighted by atomic mass is 10.2. The number of hydrogen-bond acceptors (Lipinski definition) is 5. The van der Waals surface area contributed by atoms with Crippen molar-refractivity contribution in [3.63, 3.8) is 0 Å². The van der Waals surface area contributed by atoms with Crippen molar-refractivity contribution in [3.8, 4) is 5.75 Å². The van der Waals surface area contributed by atoms with Crippen molar-refractivity contribution >= 4 is 15.7 Å². The number of unbranched alkanes of at least 4 members (excludes halogenated alkanes) is 2. The zero-order valence-corrected chi connectivity index (χ0v) is 15.7. The molecule has 0 N–H and O–H groups in total. The summed E-state index contributed by atoms with van der Waals surface area (Å²) < 4.78 is 44.5. The third-order valence-corrected chi connectivity index (χ3v) is 5.43. The molecule has 0 unspecified atom stereocenters. The van der Waals surface area contributed by atoms with E-state index >= 15 is 0 Å². The van der Waals surface area contributed by atoms with Gasteiger partial charge in [0.2, 0.25) is 10.0 Å². The van der Waals surface area contributed by atoms with E-state index < -0.39 is 22.5 Å². The van der Waals surface area contributed by atoms with Crippen LogP contribution in [0.25, 0.3) is 0 Å². The fraction of sp³-hybridized carbons (Fsp3) is 0.444. The molecule has 2 aromatic rings. The second-order valence-electron chi connectivity index (χ2n) is 5.81. The number of alkyl halides is 1. The van der Waals surface area contributed by atoms with Gasteiger partial charge in [0, 0.05) is 18.0 Å². The van der Waals surface area contributed by atoms with E-state index in [2.05, 4.69) is 16.9 Å². The molecule has 142 valence electrons. The van der Waals surface area contributed by atoms with Gasteiger partial charge in [-0.2, -0.15) is 0 Å². The summed E-state index contributed by atoms with van der Waals surface area (Å²) in [5.41, 5.74) is 1.07. The number of ether oxygens (including phenoxy) is 1. The van der Waals surface area contributed by atoms with Crippen LogP contribution in [0.1, 0.15) is 31.7 Å². The molecule has 0 aliphatic rings. The number of benzene rings is 1. The fourth-order valence-corrected chi connectivity index (χ4v) is 3.59. The molecule has 1 aromatic heterocycles. The Balaban J connectivity index is 2.16. The number of sulfonamides is 1. The molecule has 0 radical (unpaired) electrons. The molecule has 0 fully saturated rings. The average Bonchev–Trinajstić information content (AvgIpc) is 2.65. The third-order valence-electron chi connectivity index (χ3n) is 3.75. The Labute approximate surface area is 154 Å². The van der Waals surface area contributed by atoms with Crippen LogP contribution in [0.15, 0.2) is 43.0 Å². The maximum atomic E-state index is 12.7. The SMILES string of the molecule is CCCCCOc1ccc(N(Cc2cncnc2)S(=O)(=O)CCF)cc1. The van der Waals surface area contributed by atoms with E-state index in [1.165, 1.54) is 23.0 Å². The van der Waals surface area contributed by atoms with Crippen molar-refractivity contribution in [2.45, 2.75) is 32.7 Å². The number of halogens is 1. The van der Waals surface area contributed by atoms with E-state index in [0.29, 0.717) is 23.6 Å². The quantitative estimate of drug-likeness (QED) is 0.558. The van der Waals surface area contributed by atoms with Gasteiger partial charge in [-0.1, -0.05) is 19.8 Å². The van der Waals surface area contributed by atoms with Gasteiger partial charge >= 0.3 is 0 Å². The molecule has 0 spiro atoms. The zero-order chi connectivity index (χ0) is 18.8. The monoisotopic (exact) mass is 381 g/mol. The van der Waals surface area contributed by atoms with Crippen LogP contribution in [0.5, 0.6) is 5.75 Å². The first-order valence-corrected chi connectivity index (χ1v) is 10.2. The molecule has 0 atom stereocenters. The molecule has 0 saturated carbocycles. The van der Waals surface area contributed by atoms with Crippen LogP contribution in [0.3, 0.4) is 0 Å². The van der Waals surface area contributed by atoms with Crippen LogP contribution in [0.2, 0.25) is 0 Å². The Morgan fingerprint density at radius 3 is 2.42 bits per heavy atom. The second-order valence-corrected chi connectivity index (χ2v) is 7.82. The van der Waals surface area contributed by atoms with Crippen LogP contribution < -0.4 is 9.04 Å². The summed E-state index contributed by atoms with van der Waals surface area (Å²) in [5, 5.41) is 0. The van der Waals surface area contributed by atoms with Gasteiger partial charge in [-0.25, -0.2) is 22.8 Å². The summed E-state index contributed by atoms with van der Waals surface area (Å²) in [4.78, 5) is 7.79. The molecular formula is C18H24FN3O3S. The molecular weight excluding hydrogens is 357 g/mol. The van der Waals surface area contributed by atoms with Gasteiger partial charge in [0.15, 0.2) is 0 Å². The smallest absolute Gasteiger partial charge is 0.238 e. The number of nitrogens with zero attached hydrogens (tertiary/aromatic N) is 3. The van der Waals surface area contributed by atoms with Crippen LogP contribution in [0.4, 0.5) is 10.1 Å². The van der Waals surface area contributed by atoms with Crippen LogP contribution >= 0.6 is 0 Å². The predicted molar refractivity (Wildman–Crippen MR) is 99.4 cm³/mol.